The van der Waals surface area contributed by atoms with Gasteiger partial charge in [0.15, 0.2) is 0 Å². The molecule has 0 atom stereocenters. The van der Waals surface area contributed by atoms with Crippen LogP contribution < -0.4 is 14.4 Å². The van der Waals surface area contributed by atoms with E-state index in [9.17, 15) is 13.2 Å². The number of rotatable bonds is 12. The number of thioether (sulfide) groups is 1. The maximum atomic E-state index is 13.5. The van der Waals surface area contributed by atoms with E-state index >= 15 is 0 Å². The number of aryl methyl sites for hydroxylation is 1. The molecule has 186 valence electrons. The number of ether oxygens (including phenoxy) is 1. The molecule has 3 aromatic carbocycles. The molecule has 3 rings (SSSR count). The lowest BCUT2D eigenvalue weighted by atomic mass is 10.2. The second-order valence-electron chi connectivity index (χ2n) is 7.88. The second kappa shape index (κ2) is 12.9. The summed E-state index contributed by atoms with van der Waals surface area (Å²) in [6, 6.07) is 21.1. The molecule has 0 radical (unpaired) electrons. The van der Waals surface area contributed by atoms with Crippen LogP contribution in [0.15, 0.2) is 77.7 Å². The molecule has 0 saturated heterocycles. The summed E-state index contributed by atoms with van der Waals surface area (Å²) in [5, 5.41) is 3.17. The van der Waals surface area contributed by atoms with Gasteiger partial charge in [0.2, 0.25) is 5.91 Å². The van der Waals surface area contributed by atoms with E-state index in [0.29, 0.717) is 17.3 Å². The molecule has 0 saturated carbocycles. The molecule has 0 aromatic heterocycles. The number of anilines is 1. The van der Waals surface area contributed by atoms with Gasteiger partial charge in [0.05, 0.1) is 17.7 Å². The van der Waals surface area contributed by atoms with Crippen molar-refractivity contribution in [2.75, 3.05) is 30.3 Å². The van der Waals surface area contributed by atoms with Crippen molar-refractivity contribution in [2.45, 2.75) is 24.0 Å². The molecule has 3 aromatic rings. The summed E-state index contributed by atoms with van der Waals surface area (Å²) in [6.45, 7) is 2.12. The van der Waals surface area contributed by atoms with Gasteiger partial charge in [-0.05, 0) is 55.0 Å². The van der Waals surface area contributed by atoms with E-state index in [1.54, 1.807) is 42.1 Å². The summed E-state index contributed by atoms with van der Waals surface area (Å²) >= 11 is 7.95. The average Bonchev–Trinajstić information content (AvgIpc) is 2.86. The zero-order valence-corrected chi connectivity index (χ0v) is 22.1. The molecule has 6 nitrogen and oxygen atoms in total. The van der Waals surface area contributed by atoms with Crippen LogP contribution in [0.4, 0.5) is 5.69 Å². The first-order valence-electron chi connectivity index (χ1n) is 11.1. The van der Waals surface area contributed by atoms with E-state index in [1.807, 2.05) is 0 Å². The molecule has 1 amide bonds. The molecule has 9 heteroatoms. The molecule has 0 heterocycles. The quantitative estimate of drug-likeness (QED) is 0.321. The number of hydrogen-bond acceptors (Lipinski definition) is 5. The van der Waals surface area contributed by atoms with Gasteiger partial charge in [-0.3, -0.25) is 9.10 Å². The van der Waals surface area contributed by atoms with E-state index in [4.69, 9.17) is 16.3 Å². The first kappa shape index (κ1) is 26.9. The Morgan fingerprint density at radius 2 is 1.77 bits per heavy atom. The molecule has 0 unspecified atom stereocenters. The Hall–Kier alpha value is -2.68. The first-order chi connectivity index (χ1) is 16.8. The average molecular weight is 533 g/mol. The maximum absolute atomic E-state index is 13.5. The number of benzene rings is 3. The summed E-state index contributed by atoms with van der Waals surface area (Å²) in [7, 11) is -2.60. The number of carbonyl (C=O) groups excluding carboxylic acids is 1. The Balaban J connectivity index is 1.64. The standard InChI is InChI=1S/C26H29ClN2O4S2/c1-20-9-11-21(12-10-20)19-34-16-6-15-28-26(30)18-29(24-17-22(27)13-14-25(24)33-2)35(31,32)23-7-4-3-5-8-23/h3-5,7-14,17H,6,15-16,18-19H2,1-2H3,(H,28,30). The monoisotopic (exact) mass is 532 g/mol. The molecule has 0 aliphatic rings. The first-order valence-corrected chi connectivity index (χ1v) is 14.1. The van der Waals surface area contributed by atoms with Crippen molar-refractivity contribution >= 4 is 45.0 Å². The van der Waals surface area contributed by atoms with Gasteiger partial charge in [0.25, 0.3) is 10.0 Å². The molecule has 35 heavy (non-hydrogen) atoms. The molecule has 1 N–H and O–H groups in total. The predicted octanol–water partition coefficient (Wildman–Crippen LogP) is 5.29. The van der Waals surface area contributed by atoms with Gasteiger partial charge in [-0.25, -0.2) is 8.42 Å². The summed E-state index contributed by atoms with van der Waals surface area (Å²) in [4.78, 5) is 12.8. The molecule has 0 bridgehead atoms. The number of amides is 1. The Morgan fingerprint density at radius 1 is 1.06 bits per heavy atom. The van der Waals surface area contributed by atoms with Crippen LogP contribution in [0, 0.1) is 6.92 Å². The van der Waals surface area contributed by atoms with Crippen molar-refractivity contribution in [3.8, 4) is 5.75 Å². The maximum Gasteiger partial charge on any atom is 0.264 e. The van der Waals surface area contributed by atoms with Crippen LogP contribution in [0.3, 0.4) is 0 Å². The number of halogens is 1. The normalized spacial score (nSPS) is 11.2. The van der Waals surface area contributed by atoms with Gasteiger partial charge >= 0.3 is 0 Å². The second-order valence-corrected chi connectivity index (χ2v) is 11.3. The van der Waals surface area contributed by atoms with Crippen molar-refractivity contribution in [3.05, 3.63) is 88.9 Å². The van der Waals surface area contributed by atoms with E-state index in [-0.39, 0.29) is 10.6 Å². The number of hydrogen-bond donors (Lipinski definition) is 1. The van der Waals surface area contributed by atoms with Crippen molar-refractivity contribution < 1.29 is 17.9 Å². The molecule has 0 spiro atoms. The van der Waals surface area contributed by atoms with Crippen LogP contribution in [0.5, 0.6) is 5.75 Å². The zero-order chi connectivity index (χ0) is 25.3. The fourth-order valence-electron chi connectivity index (χ4n) is 3.34. The zero-order valence-electron chi connectivity index (χ0n) is 19.7. The van der Waals surface area contributed by atoms with Crippen LogP contribution in [-0.2, 0) is 20.6 Å². The van der Waals surface area contributed by atoms with Gasteiger partial charge in [-0.1, -0.05) is 59.6 Å². The highest BCUT2D eigenvalue weighted by Gasteiger charge is 2.29. The number of methoxy groups -OCH3 is 1. The number of carbonyl (C=O) groups is 1. The minimum atomic E-state index is -4.04. The molecule has 0 aliphatic heterocycles. The van der Waals surface area contributed by atoms with Crippen molar-refractivity contribution in [2.24, 2.45) is 0 Å². The molecular weight excluding hydrogens is 504 g/mol. The van der Waals surface area contributed by atoms with E-state index in [1.165, 1.54) is 36.4 Å². The van der Waals surface area contributed by atoms with Crippen molar-refractivity contribution in [1.82, 2.24) is 5.32 Å². The summed E-state index contributed by atoms with van der Waals surface area (Å²) in [5.74, 6) is 1.68. The fourth-order valence-corrected chi connectivity index (χ4v) is 5.87. The Bertz CT molecular complexity index is 1220. The lowest BCUT2D eigenvalue weighted by Gasteiger charge is -2.25. The predicted molar refractivity (Wildman–Crippen MR) is 144 cm³/mol. The van der Waals surface area contributed by atoms with Gasteiger partial charge < -0.3 is 10.1 Å². The van der Waals surface area contributed by atoms with Crippen molar-refractivity contribution in [3.63, 3.8) is 0 Å². The number of nitrogens with zero attached hydrogens (tertiary/aromatic N) is 1. The summed E-state index contributed by atoms with van der Waals surface area (Å²) < 4.78 is 33.3. The molecular formula is C26H29ClN2O4S2. The van der Waals surface area contributed by atoms with Gasteiger partial charge in [-0.2, -0.15) is 11.8 Å². The highest BCUT2D eigenvalue weighted by molar-refractivity contribution is 7.98. The van der Waals surface area contributed by atoms with Crippen LogP contribution in [-0.4, -0.2) is 40.3 Å². The Morgan fingerprint density at radius 3 is 2.46 bits per heavy atom. The van der Waals surface area contributed by atoms with E-state index < -0.39 is 22.5 Å². The lowest BCUT2D eigenvalue weighted by Crippen LogP contribution is -2.41. The van der Waals surface area contributed by atoms with Crippen LogP contribution in [0.1, 0.15) is 17.5 Å². The van der Waals surface area contributed by atoms with Gasteiger partial charge in [0.1, 0.15) is 12.3 Å². The molecule has 0 fully saturated rings. The van der Waals surface area contributed by atoms with E-state index in [0.717, 1.165) is 22.2 Å². The van der Waals surface area contributed by atoms with Crippen LogP contribution >= 0.6 is 23.4 Å². The summed E-state index contributed by atoms with van der Waals surface area (Å²) in [5.41, 5.74) is 2.70. The van der Waals surface area contributed by atoms with Gasteiger partial charge in [0, 0.05) is 17.3 Å². The minimum Gasteiger partial charge on any atom is -0.495 e. The third kappa shape index (κ3) is 7.65. The topological polar surface area (TPSA) is 75.7 Å². The third-order valence-electron chi connectivity index (χ3n) is 5.20. The highest BCUT2D eigenvalue weighted by atomic mass is 35.5. The SMILES string of the molecule is COc1ccc(Cl)cc1N(CC(=O)NCCCSCc1ccc(C)cc1)S(=O)(=O)c1ccccc1. The van der Waals surface area contributed by atoms with Gasteiger partial charge in [-0.15, -0.1) is 0 Å². The lowest BCUT2D eigenvalue weighted by molar-refractivity contribution is -0.119. The summed E-state index contributed by atoms with van der Waals surface area (Å²) in [6.07, 6.45) is 0.772. The van der Waals surface area contributed by atoms with Crippen LogP contribution in [0.25, 0.3) is 0 Å². The Kier molecular flexibility index (Phi) is 9.89. The minimum absolute atomic E-state index is 0.0716. The number of sulfonamides is 1. The fraction of sp³-hybridized carbons (Fsp3) is 0.269. The van der Waals surface area contributed by atoms with E-state index in [2.05, 4.69) is 36.5 Å². The highest BCUT2D eigenvalue weighted by Crippen LogP contribution is 2.34. The van der Waals surface area contributed by atoms with Crippen LogP contribution in [0.2, 0.25) is 5.02 Å². The number of nitrogens with one attached hydrogen (secondary N) is 1. The molecule has 0 aliphatic carbocycles. The van der Waals surface area contributed by atoms with Crippen molar-refractivity contribution in [1.29, 1.82) is 0 Å². The largest absolute Gasteiger partial charge is 0.495 e. The Labute approximate surface area is 216 Å². The third-order valence-corrected chi connectivity index (χ3v) is 8.33. The smallest absolute Gasteiger partial charge is 0.264 e.